The van der Waals surface area contributed by atoms with Crippen molar-refractivity contribution in [3.63, 3.8) is 0 Å². The molecular formula is C24H31N5O11S3. The van der Waals surface area contributed by atoms with Crippen LogP contribution in [-0.4, -0.2) is 91.9 Å². The van der Waals surface area contributed by atoms with E-state index in [4.69, 9.17) is 29.9 Å². The van der Waals surface area contributed by atoms with E-state index in [0.29, 0.717) is 39.9 Å². The first kappa shape index (κ1) is 36.1. The smallest absolute Gasteiger partial charge is 0.377 e. The van der Waals surface area contributed by atoms with Gasteiger partial charge in [-0.25, -0.2) is 13.2 Å². The van der Waals surface area contributed by atoms with E-state index in [-0.39, 0.29) is 52.9 Å². The second-order valence-electron chi connectivity index (χ2n) is 8.43. The first-order valence-electron chi connectivity index (χ1n) is 12.5. The lowest BCUT2D eigenvalue weighted by Gasteiger charge is -2.25. The minimum Gasteiger partial charge on any atom is -0.377 e. The van der Waals surface area contributed by atoms with E-state index in [1.165, 1.54) is 0 Å². The van der Waals surface area contributed by atoms with Crippen molar-refractivity contribution in [2.45, 2.75) is 13.8 Å². The number of rotatable bonds is 20. The third-order valence-corrected chi connectivity index (χ3v) is 7.41. The number of thiophene rings is 1. The standard InChI is InChI=1S/C24H31N5O11S3/c1-18-16-20(4-5-22(18)27-28-24-21(17-25)19(2)23(26-3)41-24)29(7-9-37-12-14-39-42(30,31)32)6-8-36-10-11-38-13-15-40-43(33,34)35/h4-5,16H,6-15H2,1-2H3,(H,30,31,32)(H,33,34,35). The number of hydrogen-bond donors (Lipinski definition) is 2. The number of nitrogens with zero attached hydrogens (tertiary/aromatic N) is 5. The van der Waals surface area contributed by atoms with Crippen LogP contribution in [0, 0.1) is 31.8 Å². The largest absolute Gasteiger partial charge is 0.397 e. The van der Waals surface area contributed by atoms with Gasteiger partial charge >= 0.3 is 20.8 Å². The number of hydrogen-bond acceptors (Lipinski definition) is 14. The van der Waals surface area contributed by atoms with Crippen LogP contribution in [0.25, 0.3) is 4.85 Å². The number of aryl methyl sites for hydroxylation is 1. The van der Waals surface area contributed by atoms with Crippen molar-refractivity contribution in [1.29, 1.82) is 5.26 Å². The molecule has 16 nitrogen and oxygen atoms in total. The Morgan fingerprint density at radius 3 is 1.93 bits per heavy atom. The molecule has 2 rings (SSSR count). The van der Waals surface area contributed by atoms with Crippen molar-refractivity contribution in [1.82, 2.24) is 0 Å². The Hall–Kier alpha value is -3.08. The lowest BCUT2D eigenvalue weighted by Crippen LogP contribution is -2.31. The summed E-state index contributed by atoms with van der Waals surface area (Å²) in [6, 6.07) is 7.52. The summed E-state index contributed by atoms with van der Waals surface area (Å²) in [6.45, 7) is 11.7. The Kier molecular flexibility index (Phi) is 15.0. The van der Waals surface area contributed by atoms with E-state index in [1.54, 1.807) is 13.0 Å². The maximum atomic E-state index is 10.7. The average Bonchev–Trinajstić information content (AvgIpc) is 3.24. The molecule has 0 aliphatic carbocycles. The van der Waals surface area contributed by atoms with Gasteiger partial charge in [0.1, 0.15) is 11.1 Å². The van der Waals surface area contributed by atoms with Crippen LogP contribution >= 0.6 is 11.3 Å². The fraction of sp³-hybridized carbons (Fsp3) is 0.500. The highest BCUT2D eigenvalue weighted by atomic mass is 32.3. The Labute approximate surface area is 254 Å². The highest BCUT2D eigenvalue weighted by molar-refractivity contribution is 7.81. The molecule has 43 heavy (non-hydrogen) atoms. The van der Waals surface area contributed by atoms with Crippen molar-refractivity contribution in [3.05, 3.63) is 46.3 Å². The second-order valence-corrected chi connectivity index (χ2v) is 11.6. The molecule has 1 aromatic carbocycles. The maximum absolute atomic E-state index is 10.7. The lowest BCUT2D eigenvalue weighted by atomic mass is 10.1. The summed E-state index contributed by atoms with van der Waals surface area (Å²) in [4.78, 5) is 5.37. The maximum Gasteiger partial charge on any atom is 0.397 e. The van der Waals surface area contributed by atoms with Gasteiger partial charge in [-0.1, -0.05) is 0 Å². The lowest BCUT2D eigenvalue weighted by molar-refractivity contribution is 0.0374. The normalized spacial score (nSPS) is 12.0. The first-order valence-corrected chi connectivity index (χ1v) is 16.0. The Balaban J connectivity index is 2.00. The van der Waals surface area contributed by atoms with E-state index in [0.717, 1.165) is 22.6 Å². The topological polar surface area (TPSA) is 211 Å². The summed E-state index contributed by atoms with van der Waals surface area (Å²) in [5, 5.41) is 18.7. The molecule has 0 unspecified atom stereocenters. The zero-order valence-electron chi connectivity index (χ0n) is 23.3. The van der Waals surface area contributed by atoms with Crippen LogP contribution in [0.15, 0.2) is 28.4 Å². The molecule has 0 atom stereocenters. The summed E-state index contributed by atoms with van der Waals surface area (Å²) in [5.41, 5.74) is 3.04. The van der Waals surface area contributed by atoms with Gasteiger partial charge in [0.2, 0.25) is 5.00 Å². The number of ether oxygens (including phenoxy) is 3. The van der Waals surface area contributed by atoms with Crippen molar-refractivity contribution < 1.29 is 48.5 Å². The molecule has 236 valence electrons. The molecule has 19 heteroatoms. The molecule has 1 heterocycles. The molecule has 0 saturated heterocycles. The van der Waals surface area contributed by atoms with E-state index in [2.05, 4.69) is 29.5 Å². The van der Waals surface area contributed by atoms with E-state index in [1.807, 2.05) is 24.0 Å². The molecule has 0 aliphatic heterocycles. The number of nitriles is 1. The van der Waals surface area contributed by atoms with Gasteiger partial charge < -0.3 is 19.1 Å². The summed E-state index contributed by atoms with van der Waals surface area (Å²) in [5.74, 6) is 0. The zero-order valence-corrected chi connectivity index (χ0v) is 25.8. The van der Waals surface area contributed by atoms with Crippen LogP contribution in [0.5, 0.6) is 0 Å². The van der Waals surface area contributed by atoms with Gasteiger partial charge in [0.05, 0.1) is 70.7 Å². The van der Waals surface area contributed by atoms with Crippen molar-refractivity contribution >= 4 is 53.5 Å². The van der Waals surface area contributed by atoms with Gasteiger partial charge in [-0.3, -0.25) is 9.11 Å². The third kappa shape index (κ3) is 13.8. The van der Waals surface area contributed by atoms with Crippen LogP contribution < -0.4 is 4.90 Å². The molecule has 0 aliphatic rings. The van der Waals surface area contributed by atoms with Crippen molar-refractivity contribution in [3.8, 4) is 6.07 Å². The number of benzene rings is 1. The number of anilines is 1. The molecule has 0 bridgehead atoms. The third-order valence-electron chi connectivity index (χ3n) is 5.41. The summed E-state index contributed by atoms with van der Waals surface area (Å²) in [6.07, 6.45) is 0. The second kappa shape index (κ2) is 17.9. The quantitative estimate of drug-likeness (QED) is 0.0898. The molecule has 0 saturated carbocycles. The predicted octanol–water partition coefficient (Wildman–Crippen LogP) is 3.70. The summed E-state index contributed by atoms with van der Waals surface area (Å²) < 4.78 is 84.0. The number of azo groups is 1. The Bertz CT molecular complexity index is 1530. The first-order chi connectivity index (χ1) is 20.3. The molecule has 0 spiro atoms. The fourth-order valence-electron chi connectivity index (χ4n) is 3.38. The van der Waals surface area contributed by atoms with Gasteiger partial charge in [-0.05, 0) is 43.2 Å². The van der Waals surface area contributed by atoms with Gasteiger partial charge in [0.25, 0.3) is 0 Å². The zero-order chi connectivity index (χ0) is 31.9. The Morgan fingerprint density at radius 1 is 0.907 bits per heavy atom. The fourth-order valence-corrected chi connectivity index (χ4v) is 4.81. The van der Waals surface area contributed by atoms with E-state index < -0.39 is 20.8 Å². The van der Waals surface area contributed by atoms with Crippen LogP contribution in [0.1, 0.15) is 16.7 Å². The minimum atomic E-state index is -4.55. The van der Waals surface area contributed by atoms with Gasteiger partial charge in [0, 0.05) is 18.8 Å². The van der Waals surface area contributed by atoms with Crippen LogP contribution in [0.2, 0.25) is 0 Å². The van der Waals surface area contributed by atoms with Crippen LogP contribution in [0.4, 0.5) is 21.4 Å². The van der Waals surface area contributed by atoms with Gasteiger partial charge in [-0.2, -0.15) is 22.1 Å². The van der Waals surface area contributed by atoms with Gasteiger partial charge in [0.15, 0.2) is 0 Å². The van der Waals surface area contributed by atoms with Crippen molar-refractivity contribution in [2.24, 2.45) is 10.2 Å². The molecular weight excluding hydrogens is 630 g/mol. The average molecular weight is 662 g/mol. The monoisotopic (exact) mass is 661 g/mol. The molecule has 2 N–H and O–H groups in total. The molecule has 0 radical (unpaired) electrons. The van der Waals surface area contributed by atoms with E-state index >= 15 is 0 Å². The Morgan fingerprint density at radius 2 is 1.44 bits per heavy atom. The predicted molar refractivity (Wildman–Crippen MR) is 155 cm³/mol. The highest BCUT2D eigenvalue weighted by Gasteiger charge is 2.15. The van der Waals surface area contributed by atoms with Crippen LogP contribution in [-0.2, 0) is 43.4 Å². The molecule has 1 aromatic heterocycles. The summed E-state index contributed by atoms with van der Waals surface area (Å²) in [7, 11) is -9.06. The highest BCUT2D eigenvalue weighted by Crippen LogP contribution is 2.41. The SMILES string of the molecule is [C-]#[N+]c1sc(N=Nc2ccc(N(CCOCCOCCOS(=O)(=O)O)CCOCCOS(=O)(=O)O)cc2C)c(C#N)c1C. The minimum absolute atomic E-state index is 0.0541. The molecule has 2 aromatic rings. The van der Waals surface area contributed by atoms with Gasteiger partial charge in [-0.15, -0.1) is 21.6 Å². The van der Waals surface area contributed by atoms with E-state index in [9.17, 15) is 22.1 Å². The molecule has 0 fully saturated rings. The summed E-state index contributed by atoms with van der Waals surface area (Å²) >= 11 is 1.10. The van der Waals surface area contributed by atoms with Crippen molar-refractivity contribution in [2.75, 3.05) is 70.8 Å². The van der Waals surface area contributed by atoms with Crippen LogP contribution in [0.3, 0.4) is 0 Å². The molecule has 0 amide bonds.